The zero-order valence-electron chi connectivity index (χ0n) is 11.5. The average molecular weight is 279 g/mol. The molecule has 2 aromatic rings. The minimum atomic E-state index is -0.443. The van der Waals surface area contributed by atoms with Crippen molar-refractivity contribution in [1.29, 1.82) is 0 Å². The number of aliphatic hydroxyl groups excluding tert-OH is 1. The van der Waals surface area contributed by atoms with Crippen LogP contribution >= 0.6 is 11.6 Å². The minimum Gasteiger partial charge on any atom is -0.392 e. The summed E-state index contributed by atoms with van der Waals surface area (Å²) in [6.07, 6.45) is 0.728. The monoisotopic (exact) mass is 278 g/mol. The van der Waals surface area contributed by atoms with E-state index in [0.717, 1.165) is 11.3 Å². The Morgan fingerprint density at radius 2 is 1.95 bits per heavy atom. The number of aromatic nitrogens is 2. The van der Waals surface area contributed by atoms with Gasteiger partial charge in [-0.05, 0) is 31.4 Å². The molecule has 3 nitrogen and oxygen atoms in total. The number of hydrogen-bond donors (Lipinski definition) is 1. The van der Waals surface area contributed by atoms with Gasteiger partial charge in [0.1, 0.15) is 5.15 Å². The molecule has 0 saturated heterocycles. The smallest absolute Gasteiger partial charge is 0.130 e. The van der Waals surface area contributed by atoms with Gasteiger partial charge in [0, 0.05) is 19.0 Å². The third kappa shape index (κ3) is 3.17. The van der Waals surface area contributed by atoms with Crippen LogP contribution in [0.5, 0.6) is 0 Å². The lowest BCUT2D eigenvalue weighted by Gasteiger charge is -2.12. The normalized spacial score (nSPS) is 12.7. The van der Waals surface area contributed by atoms with Gasteiger partial charge in [0.2, 0.25) is 0 Å². The Bertz CT molecular complexity index is 578. The van der Waals surface area contributed by atoms with E-state index < -0.39 is 6.10 Å². The lowest BCUT2D eigenvalue weighted by Crippen LogP contribution is -2.15. The summed E-state index contributed by atoms with van der Waals surface area (Å²) in [7, 11) is 1.81. The van der Waals surface area contributed by atoms with Gasteiger partial charge in [-0.15, -0.1) is 0 Å². The van der Waals surface area contributed by atoms with Crippen molar-refractivity contribution in [2.24, 2.45) is 7.05 Å². The molecule has 1 aromatic heterocycles. The Balaban J connectivity index is 2.10. The quantitative estimate of drug-likeness (QED) is 0.934. The summed E-state index contributed by atoms with van der Waals surface area (Å²) in [6.45, 7) is 3.98. The van der Waals surface area contributed by atoms with Gasteiger partial charge < -0.3 is 5.11 Å². The average Bonchev–Trinajstić information content (AvgIpc) is 2.59. The van der Waals surface area contributed by atoms with Gasteiger partial charge in [0.25, 0.3) is 0 Å². The lowest BCUT2D eigenvalue weighted by atomic mass is 9.99. The largest absolute Gasteiger partial charge is 0.392 e. The predicted octanol–water partition coefficient (Wildman–Crippen LogP) is 2.84. The first kappa shape index (κ1) is 14.1. The third-order valence-electron chi connectivity index (χ3n) is 3.43. The molecule has 0 bridgehead atoms. The first-order valence-corrected chi connectivity index (χ1v) is 6.77. The van der Waals surface area contributed by atoms with Crippen LogP contribution in [0.3, 0.4) is 0 Å². The van der Waals surface area contributed by atoms with Crippen molar-refractivity contribution in [3.8, 4) is 0 Å². The minimum absolute atomic E-state index is 0.443. The number of halogens is 1. The highest BCUT2D eigenvalue weighted by Crippen LogP contribution is 2.21. The van der Waals surface area contributed by atoms with Crippen molar-refractivity contribution < 1.29 is 5.11 Å². The fraction of sp³-hybridized carbons (Fsp3) is 0.400. The highest BCUT2D eigenvalue weighted by Gasteiger charge is 2.16. The Kier molecular flexibility index (Phi) is 4.27. The Hall–Kier alpha value is -1.32. The van der Waals surface area contributed by atoms with Gasteiger partial charge in [0.15, 0.2) is 0 Å². The first-order chi connectivity index (χ1) is 8.99. The molecular weight excluding hydrogens is 260 g/mol. The van der Waals surface area contributed by atoms with Crippen LogP contribution in [0.2, 0.25) is 5.15 Å². The van der Waals surface area contributed by atoms with Crippen LogP contribution < -0.4 is 0 Å². The van der Waals surface area contributed by atoms with Crippen LogP contribution in [0, 0.1) is 13.8 Å². The summed E-state index contributed by atoms with van der Waals surface area (Å²) in [5.41, 5.74) is 4.20. The van der Waals surface area contributed by atoms with Crippen molar-refractivity contribution >= 4 is 11.6 Å². The molecule has 0 aliphatic heterocycles. The van der Waals surface area contributed by atoms with Crippen molar-refractivity contribution in [3.05, 3.63) is 51.8 Å². The lowest BCUT2D eigenvalue weighted by molar-refractivity contribution is 0.175. The summed E-state index contributed by atoms with van der Waals surface area (Å²) in [5, 5.41) is 15.1. The van der Waals surface area contributed by atoms with E-state index in [4.69, 9.17) is 11.6 Å². The van der Waals surface area contributed by atoms with Crippen LogP contribution in [0.4, 0.5) is 0 Å². The van der Waals surface area contributed by atoms with Gasteiger partial charge in [-0.2, -0.15) is 5.10 Å². The number of benzene rings is 1. The fourth-order valence-electron chi connectivity index (χ4n) is 2.31. The highest BCUT2D eigenvalue weighted by molar-refractivity contribution is 6.30. The summed E-state index contributed by atoms with van der Waals surface area (Å²) in [6, 6.07) is 8.12. The van der Waals surface area contributed by atoms with E-state index in [0.29, 0.717) is 18.0 Å². The Labute approximate surface area is 118 Å². The predicted molar refractivity (Wildman–Crippen MR) is 77.5 cm³/mol. The molecule has 0 amide bonds. The number of nitrogens with zero attached hydrogens (tertiary/aromatic N) is 2. The van der Waals surface area contributed by atoms with E-state index in [2.05, 4.69) is 24.2 Å². The van der Waals surface area contributed by atoms with Crippen molar-refractivity contribution in [3.63, 3.8) is 0 Å². The van der Waals surface area contributed by atoms with Crippen LogP contribution in [-0.4, -0.2) is 21.0 Å². The molecule has 2 rings (SSSR count). The SMILES string of the molecule is Cc1ccccc1CC(O)Cc1c(C)nn(C)c1Cl. The Morgan fingerprint density at radius 1 is 1.26 bits per heavy atom. The maximum Gasteiger partial charge on any atom is 0.130 e. The van der Waals surface area contributed by atoms with E-state index >= 15 is 0 Å². The maximum atomic E-state index is 10.2. The van der Waals surface area contributed by atoms with Crippen LogP contribution in [0.1, 0.15) is 22.4 Å². The molecule has 0 spiro atoms. The zero-order chi connectivity index (χ0) is 14.0. The molecule has 1 aromatic carbocycles. The molecule has 19 heavy (non-hydrogen) atoms. The molecule has 102 valence electrons. The van der Waals surface area contributed by atoms with Gasteiger partial charge in [-0.25, -0.2) is 0 Å². The van der Waals surface area contributed by atoms with Gasteiger partial charge >= 0.3 is 0 Å². The topological polar surface area (TPSA) is 38.1 Å². The van der Waals surface area contributed by atoms with Crippen LogP contribution in [0.15, 0.2) is 24.3 Å². The molecule has 1 N–H and O–H groups in total. The summed E-state index contributed by atoms with van der Waals surface area (Å²) >= 11 is 6.18. The van der Waals surface area contributed by atoms with Gasteiger partial charge in [0.05, 0.1) is 11.8 Å². The molecule has 0 fully saturated rings. The third-order valence-corrected chi connectivity index (χ3v) is 3.90. The van der Waals surface area contributed by atoms with Gasteiger partial charge in [-0.3, -0.25) is 4.68 Å². The highest BCUT2D eigenvalue weighted by atomic mass is 35.5. The molecule has 0 aliphatic carbocycles. The zero-order valence-corrected chi connectivity index (χ0v) is 12.3. The second-order valence-corrected chi connectivity index (χ2v) is 5.32. The second-order valence-electron chi connectivity index (χ2n) is 4.97. The number of rotatable bonds is 4. The van der Waals surface area contributed by atoms with Crippen molar-refractivity contribution in [1.82, 2.24) is 9.78 Å². The van der Waals surface area contributed by atoms with E-state index in [1.165, 1.54) is 11.1 Å². The first-order valence-electron chi connectivity index (χ1n) is 6.39. The van der Waals surface area contributed by atoms with Crippen molar-refractivity contribution in [2.45, 2.75) is 32.8 Å². The molecule has 0 saturated carbocycles. The van der Waals surface area contributed by atoms with Gasteiger partial charge in [-0.1, -0.05) is 35.9 Å². The number of aliphatic hydroxyl groups is 1. The van der Waals surface area contributed by atoms with E-state index in [1.54, 1.807) is 4.68 Å². The molecular formula is C15H19ClN2O. The standard InChI is InChI=1S/C15H19ClN2O/c1-10-6-4-5-7-12(10)8-13(19)9-14-11(2)17-18(3)15(14)16/h4-7,13,19H,8-9H2,1-3H3. The number of hydrogen-bond acceptors (Lipinski definition) is 2. The molecule has 0 aliphatic rings. The summed E-state index contributed by atoms with van der Waals surface area (Å²) in [5.74, 6) is 0. The van der Waals surface area contributed by atoms with E-state index in [1.807, 2.05) is 26.1 Å². The fourth-order valence-corrected chi connectivity index (χ4v) is 2.56. The molecule has 0 radical (unpaired) electrons. The summed E-state index contributed by atoms with van der Waals surface area (Å²) in [4.78, 5) is 0. The molecule has 1 atom stereocenters. The molecule has 4 heteroatoms. The molecule has 1 heterocycles. The molecule has 1 unspecified atom stereocenters. The number of aryl methyl sites for hydroxylation is 3. The Morgan fingerprint density at radius 3 is 2.53 bits per heavy atom. The van der Waals surface area contributed by atoms with Crippen LogP contribution in [0.25, 0.3) is 0 Å². The maximum absolute atomic E-state index is 10.2. The summed E-state index contributed by atoms with van der Waals surface area (Å²) < 4.78 is 1.65. The van der Waals surface area contributed by atoms with E-state index in [9.17, 15) is 5.11 Å². The van der Waals surface area contributed by atoms with E-state index in [-0.39, 0.29) is 0 Å². The van der Waals surface area contributed by atoms with Crippen molar-refractivity contribution in [2.75, 3.05) is 0 Å². The van der Waals surface area contributed by atoms with Crippen LogP contribution in [-0.2, 0) is 19.9 Å². The second kappa shape index (κ2) is 5.76.